The molecule has 29 heavy (non-hydrogen) atoms. The van der Waals surface area contributed by atoms with Crippen LogP contribution in [-0.2, 0) is 16.4 Å². The lowest BCUT2D eigenvalue weighted by atomic mass is 9.90. The fourth-order valence-electron chi connectivity index (χ4n) is 3.67. The first-order valence-corrected chi connectivity index (χ1v) is 11.8. The number of piperidine rings is 1. The first-order chi connectivity index (χ1) is 13.8. The average molecular weight is 435 g/mol. The molecule has 2 aromatic rings. The number of carbonyl (C=O) groups is 1. The van der Waals surface area contributed by atoms with Crippen molar-refractivity contribution in [3.05, 3.63) is 64.7 Å². The molecule has 1 fully saturated rings. The van der Waals surface area contributed by atoms with Crippen LogP contribution in [0.2, 0.25) is 5.02 Å². The fourth-order valence-corrected chi connectivity index (χ4v) is 5.15. The maximum atomic E-state index is 13.0. The highest BCUT2D eigenvalue weighted by Crippen LogP contribution is 2.26. The van der Waals surface area contributed by atoms with Gasteiger partial charge >= 0.3 is 0 Å². The summed E-state index contributed by atoms with van der Waals surface area (Å²) in [6.07, 6.45) is 2.86. The topological polar surface area (TPSA) is 66.5 Å². The van der Waals surface area contributed by atoms with Crippen molar-refractivity contribution in [2.75, 3.05) is 13.1 Å². The van der Waals surface area contributed by atoms with Crippen LogP contribution < -0.4 is 4.72 Å². The van der Waals surface area contributed by atoms with E-state index in [-0.39, 0.29) is 27.4 Å². The minimum absolute atomic E-state index is 0.0536. The molecule has 5 nitrogen and oxygen atoms in total. The third-order valence-electron chi connectivity index (χ3n) is 5.14. The zero-order chi connectivity index (χ0) is 21.0. The molecule has 0 aromatic heterocycles. The zero-order valence-corrected chi connectivity index (χ0v) is 18.3. The van der Waals surface area contributed by atoms with Crippen molar-refractivity contribution in [3.63, 3.8) is 0 Å². The summed E-state index contributed by atoms with van der Waals surface area (Å²) < 4.78 is 27.4. The number of nitrogens with one attached hydrogen (secondary N) is 1. The molecule has 1 aliphatic heterocycles. The van der Waals surface area contributed by atoms with Crippen molar-refractivity contribution in [2.45, 2.75) is 44.0 Å². The van der Waals surface area contributed by atoms with Gasteiger partial charge in [0.2, 0.25) is 10.0 Å². The Labute approximate surface area is 178 Å². The molecule has 1 aliphatic rings. The van der Waals surface area contributed by atoms with Crippen LogP contribution >= 0.6 is 11.6 Å². The minimum atomic E-state index is -3.69. The Balaban J connectivity index is 1.69. The molecule has 0 saturated carbocycles. The Morgan fingerprint density at radius 2 is 1.79 bits per heavy atom. The molecule has 0 radical (unpaired) electrons. The van der Waals surface area contributed by atoms with Gasteiger partial charge in [-0.2, -0.15) is 0 Å². The van der Waals surface area contributed by atoms with E-state index in [1.54, 1.807) is 18.7 Å². The summed E-state index contributed by atoms with van der Waals surface area (Å²) >= 11 is 6.24. The SMILES string of the molecule is CC(C)NS(=O)(=O)c1ccc(Cl)c(C(=O)N2CCC(Cc3ccccc3)CC2)c1. The highest BCUT2D eigenvalue weighted by Gasteiger charge is 2.26. The molecule has 3 rings (SSSR count). The van der Waals surface area contributed by atoms with Gasteiger partial charge in [-0.25, -0.2) is 13.1 Å². The molecule has 1 N–H and O–H groups in total. The largest absolute Gasteiger partial charge is 0.339 e. The van der Waals surface area contributed by atoms with Gasteiger partial charge in [0, 0.05) is 19.1 Å². The Kier molecular flexibility index (Phi) is 6.98. The number of sulfonamides is 1. The van der Waals surface area contributed by atoms with Crippen LogP contribution in [0.1, 0.15) is 42.6 Å². The van der Waals surface area contributed by atoms with Crippen LogP contribution in [0, 0.1) is 5.92 Å². The summed E-state index contributed by atoms with van der Waals surface area (Å²) in [5.41, 5.74) is 1.55. The molecule has 0 unspecified atom stereocenters. The fraction of sp³-hybridized carbons (Fsp3) is 0.409. The lowest BCUT2D eigenvalue weighted by molar-refractivity contribution is 0.0690. The normalized spacial score (nSPS) is 15.7. The van der Waals surface area contributed by atoms with Gasteiger partial charge in [-0.3, -0.25) is 4.79 Å². The second-order valence-corrected chi connectivity index (χ2v) is 9.96. The predicted octanol–water partition coefficient (Wildman–Crippen LogP) is 4.12. The monoisotopic (exact) mass is 434 g/mol. The summed E-state index contributed by atoms with van der Waals surface area (Å²) in [6.45, 7) is 4.79. The van der Waals surface area contributed by atoms with Gasteiger partial charge in [-0.1, -0.05) is 41.9 Å². The quantitative estimate of drug-likeness (QED) is 0.743. The Morgan fingerprint density at radius 1 is 1.14 bits per heavy atom. The van der Waals surface area contributed by atoms with E-state index in [9.17, 15) is 13.2 Å². The number of amides is 1. The number of hydrogen-bond donors (Lipinski definition) is 1. The molecule has 1 amide bonds. The Hall–Kier alpha value is -1.89. The lowest BCUT2D eigenvalue weighted by Gasteiger charge is -2.32. The van der Waals surface area contributed by atoms with Gasteiger partial charge in [-0.05, 0) is 62.8 Å². The van der Waals surface area contributed by atoms with Gasteiger partial charge in [0.15, 0.2) is 0 Å². The summed E-state index contributed by atoms with van der Waals surface area (Å²) in [5.74, 6) is 0.327. The van der Waals surface area contributed by atoms with E-state index in [0.717, 1.165) is 19.3 Å². The first kappa shape index (κ1) is 21.8. The highest BCUT2D eigenvalue weighted by atomic mass is 35.5. The van der Waals surface area contributed by atoms with Gasteiger partial charge in [0.25, 0.3) is 5.91 Å². The van der Waals surface area contributed by atoms with Gasteiger partial charge < -0.3 is 4.90 Å². The molecule has 7 heteroatoms. The zero-order valence-electron chi connectivity index (χ0n) is 16.8. The van der Waals surface area contributed by atoms with Crippen LogP contribution in [0.5, 0.6) is 0 Å². The third-order valence-corrected chi connectivity index (χ3v) is 7.12. The van der Waals surface area contributed by atoms with E-state index in [0.29, 0.717) is 19.0 Å². The van der Waals surface area contributed by atoms with Crippen molar-refractivity contribution in [3.8, 4) is 0 Å². The Bertz CT molecular complexity index is 953. The number of hydrogen-bond acceptors (Lipinski definition) is 3. The summed E-state index contributed by atoms with van der Waals surface area (Å²) in [6, 6.07) is 14.4. The van der Waals surface area contributed by atoms with E-state index in [4.69, 9.17) is 11.6 Å². The molecule has 156 valence electrons. The second kappa shape index (κ2) is 9.28. The lowest BCUT2D eigenvalue weighted by Crippen LogP contribution is -2.39. The summed E-state index contributed by atoms with van der Waals surface area (Å²) in [7, 11) is -3.69. The van der Waals surface area contributed by atoms with Crippen LogP contribution in [-0.4, -0.2) is 38.4 Å². The molecular formula is C22H27ClN2O3S. The molecule has 0 atom stereocenters. The standard InChI is InChI=1S/C22H27ClN2O3S/c1-16(2)24-29(27,28)19-8-9-21(23)20(15-19)22(26)25-12-10-18(11-13-25)14-17-6-4-3-5-7-17/h3-9,15-16,18,24H,10-14H2,1-2H3. The van der Waals surface area contributed by atoms with Crippen molar-refractivity contribution in [2.24, 2.45) is 5.92 Å². The molecule has 1 heterocycles. The molecule has 1 saturated heterocycles. The Morgan fingerprint density at radius 3 is 2.41 bits per heavy atom. The number of benzene rings is 2. The first-order valence-electron chi connectivity index (χ1n) is 9.91. The van der Waals surface area contributed by atoms with Crippen molar-refractivity contribution in [1.82, 2.24) is 9.62 Å². The molecular weight excluding hydrogens is 408 g/mol. The van der Waals surface area contributed by atoms with Gasteiger partial charge in [0.05, 0.1) is 15.5 Å². The van der Waals surface area contributed by atoms with E-state index in [1.807, 2.05) is 18.2 Å². The molecule has 0 bridgehead atoms. The van der Waals surface area contributed by atoms with E-state index in [2.05, 4.69) is 16.9 Å². The third kappa shape index (κ3) is 5.59. The van der Waals surface area contributed by atoms with Crippen LogP contribution in [0.3, 0.4) is 0 Å². The van der Waals surface area contributed by atoms with Crippen LogP contribution in [0.4, 0.5) is 0 Å². The van der Waals surface area contributed by atoms with Crippen molar-refractivity contribution >= 4 is 27.5 Å². The summed E-state index contributed by atoms with van der Waals surface area (Å²) in [4.78, 5) is 14.8. The molecule has 2 aromatic carbocycles. The highest BCUT2D eigenvalue weighted by molar-refractivity contribution is 7.89. The van der Waals surface area contributed by atoms with Gasteiger partial charge in [-0.15, -0.1) is 0 Å². The van der Waals surface area contributed by atoms with Crippen molar-refractivity contribution in [1.29, 1.82) is 0 Å². The summed E-state index contributed by atoms with van der Waals surface area (Å²) in [5, 5.41) is 0.268. The van der Waals surface area contributed by atoms with Gasteiger partial charge in [0.1, 0.15) is 0 Å². The predicted molar refractivity (Wildman–Crippen MR) is 116 cm³/mol. The maximum Gasteiger partial charge on any atom is 0.255 e. The molecule has 0 aliphatic carbocycles. The van der Waals surface area contributed by atoms with E-state index < -0.39 is 10.0 Å². The number of likely N-dealkylation sites (tertiary alicyclic amines) is 1. The number of rotatable bonds is 6. The van der Waals surface area contributed by atoms with Crippen molar-refractivity contribution < 1.29 is 13.2 Å². The minimum Gasteiger partial charge on any atom is -0.339 e. The van der Waals surface area contributed by atoms with Crippen LogP contribution in [0.15, 0.2) is 53.4 Å². The smallest absolute Gasteiger partial charge is 0.255 e. The number of nitrogens with zero attached hydrogens (tertiary/aromatic N) is 1. The van der Waals surface area contributed by atoms with E-state index >= 15 is 0 Å². The second-order valence-electron chi connectivity index (χ2n) is 7.84. The van der Waals surface area contributed by atoms with E-state index in [1.165, 1.54) is 23.8 Å². The molecule has 0 spiro atoms. The maximum absolute atomic E-state index is 13.0. The number of carbonyl (C=O) groups excluding carboxylic acids is 1. The number of halogens is 1. The van der Waals surface area contributed by atoms with Crippen LogP contribution in [0.25, 0.3) is 0 Å². The average Bonchev–Trinajstić information content (AvgIpc) is 2.68.